The van der Waals surface area contributed by atoms with Crippen LogP contribution in [0.15, 0.2) is 64.6 Å². The largest absolute Gasteiger partial charge is 0.386 e. The molecule has 0 saturated carbocycles. The molecule has 0 spiro atoms. The maximum absolute atomic E-state index is 10.7. The molecule has 1 aliphatic heterocycles. The van der Waals surface area contributed by atoms with Crippen molar-refractivity contribution in [2.24, 2.45) is 0 Å². The van der Waals surface area contributed by atoms with Crippen LogP contribution in [0.2, 0.25) is 0 Å². The molecule has 0 aliphatic carbocycles. The van der Waals surface area contributed by atoms with Crippen LogP contribution >= 0.6 is 11.8 Å². The number of rotatable bonds is 8. The van der Waals surface area contributed by atoms with Crippen LogP contribution in [0.5, 0.6) is 0 Å². The van der Waals surface area contributed by atoms with Crippen LogP contribution in [0.3, 0.4) is 0 Å². The van der Waals surface area contributed by atoms with Crippen LogP contribution in [0.25, 0.3) is 5.57 Å². The standard InChI is InChI=1S/C26H30N2O2S/c1-5-26(25-16-27-15-22-8-6-7-9-24(22)25)31-17-18(2)12-23-14-19(3)21(13-20(23)4)10-11-28(29)30/h5-9,13-14,16-17,27H,10-12,15H2,1-4H3/b18-17+,26-5-. The molecule has 1 heterocycles. The normalized spacial score (nSPS) is 14.0. The van der Waals surface area contributed by atoms with Gasteiger partial charge in [0.25, 0.3) is 0 Å². The quantitative estimate of drug-likeness (QED) is 0.388. The molecule has 4 nitrogen and oxygen atoms in total. The molecule has 0 atom stereocenters. The Morgan fingerprint density at radius 1 is 1.19 bits per heavy atom. The van der Waals surface area contributed by atoms with Gasteiger partial charge in [-0.2, -0.15) is 0 Å². The van der Waals surface area contributed by atoms with Crippen molar-refractivity contribution in [2.45, 2.75) is 47.1 Å². The number of hydrogen-bond donors (Lipinski definition) is 1. The summed E-state index contributed by atoms with van der Waals surface area (Å²) in [4.78, 5) is 11.7. The number of fused-ring (bicyclic) bond motifs is 1. The summed E-state index contributed by atoms with van der Waals surface area (Å²) in [7, 11) is 0. The first kappa shape index (κ1) is 22.9. The third-order valence-corrected chi connectivity index (χ3v) is 6.82. The summed E-state index contributed by atoms with van der Waals surface area (Å²) < 4.78 is 0. The zero-order chi connectivity index (χ0) is 22.4. The van der Waals surface area contributed by atoms with Crippen molar-refractivity contribution >= 4 is 17.3 Å². The summed E-state index contributed by atoms with van der Waals surface area (Å²) in [6.07, 6.45) is 5.65. The van der Waals surface area contributed by atoms with Gasteiger partial charge in [0.1, 0.15) is 0 Å². The number of nitrogens with zero attached hydrogens (tertiary/aromatic N) is 1. The first-order valence-electron chi connectivity index (χ1n) is 10.6. The molecule has 2 aromatic carbocycles. The summed E-state index contributed by atoms with van der Waals surface area (Å²) >= 11 is 1.76. The van der Waals surface area contributed by atoms with Crippen LogP contribution in [0.1, 0.15) is 47.2 Å². The van der Waals surface area contributed by atoms with Gasteiger partial charge in [-0.1, -0.05) is 59.8 Å². The Kier molecular flexibility index (Phi) is 7.75. The van der Waals surface area contributed by atoms with E-state index in [0.29, 0.717) is 6.42 Å². The van der Waals surface area contributed by atoms with Gasteiger partial charge in [-0.15, -0.1) is 0 Å². The highest BCUT2D eigenvalue weighted by molar-refractivity contribution is 8.06. The average molecular weight is 435 g/mol. The van der Waals surface area contributed by atoms with Crippen molar-refractivity contribution in [3.63, 3.8) is 0 Å². The Morgan fingerprint density at radius 3 is 2.65 bits per heavy atom. The van der Waals surface area contributed by atoms with E-state index in [4.69, 9.17) is 0 Å². The molecule has 0 radical (unpaired) electrons. The first-order valence-corrected chi connectivity index (χ1v) is 11.5. The third-order valence-electron chi connectivity index (χ3n) is 5.59. The van der Waals surface area contributed by atoms with E-state index in [1.54, 1.807) is 11.8 Å². The first-order chi connectivity index (χ1) is 14.9. The second-order valence-corrected chi connectivity index (χ2v) is 8.93. The smallest absolute Gasteiger partial charge is 0.207 e. The van der Waals surface area contributed by atoms with Crippen molar-refractivity contribution in [1.29, 1.82) is 0 Å². The minimum atomic E-state index is -0.249. The van der Waals surface area contributed by atoms with Crippen LogP contribution in [0, 0.1) is 24.0 Å². The second kappa shape index (κ2) is 10.5. The van der Waals surface area contributed by atoms with E-state index in [0.717, 1.165) is 24.1 Å². The number of thioether (sulfide) groups is 1. The monoisotopic (exact) mass is 434 g/mol. The lowest BCUT2D eigenvalue weighted by molar-refractivity contribution is -0.479. The molecular formula is C26H30N2O2S. The van der Waals surface area contributed by atoms with E-state index in [1.807, 2.05) is 6.92 Å². The highest BCUT2D eigenvalue weighted by Crippen LogP contribution is 2.36. The van der Waals surface area contributed by atoms with E-state index in [2.05, 4.69) is 80.2 Å². The minimum absolute atomic E-state index is 0.0187. The van der Waals surface area contributed by atoms with Crippen molar-refractivity contribution in [2.75, 3.05) is 6.54 Å². The van der Waals surface area contributed by atoms with Crippen LogP contribution in [0.4, 0.5) is 0 Å². The van der Waals surface area contributed by atoms with Crippen molar-refractivity contribution in [3.8, 4) is 0 Å². The molecular weight excluding hydrogens is 404 g/mol. The van der Waals surface area contributed by atoms with E-state index < -0.39 is 0 Å². The molecule has 2 aromatic rings. The Balaban J connectivity index is 1.71. The number of nitro groups is 1. The van der Waals surface area contributed by atoms with Gasteiger partial charge in [-0.05, 0) is 72.9 Å². The number of hydrogen-bond acceptors (Lipinski definition) is 4. The van der Waals surface area contributed by atoms with E-state index in [1.165, 1.54) is 38.3 Å². The van der Waals surface area contributed by atoms with Crippen molar-refractivity contribution in [1.82, 2.24) is 5.32 Å². The van der Waals surface area contributed by atoms with Gasteiger partial charge in [0.15, 0.2) is 0 Å². The van der Waals surface area contributed by atoms with E-state index in [-0.39, 0.29) is 11.5 Å². The zero-order valence-corrected chi connectivity index (χ0v) is 19.5. The number of nitrogens with one attached hydrogen (secondary N) is 1. The van der Waals surface area contributed by atoms with Gasteiger partial charge in [-0.3, -0.25) is 10.1 Å². The van der Waals surface area contributed by atoms with Crippen LogP contribution in [-0.4, -0.2) is 11.5 Å². The molecule has 0 unspecified atom stereocenters. The average Bonchev–Trinajstić information content (AvgIpc) is 2.75. The van der Waals surface area contributed by atoms with Gasteiger partial charge in [-0.25, -0.2) is 0 Å². The number of aryl methyl sites for hydroxylation is 2. The van der Waals surface area contributed by atoms with Gasteiger partial charge in [0.05, 0.1) is 0 Å². The molecule has 1 N–H and O–H groups in total. The summed E-state index contributed by atoms with van der Waals surface area (Å²) in [6, 6.07) is 12.8. The minimum Gasteiger partial charge on any atom is -0.386 e. The topological polar surface area (TPSA) is 55.2 Å². The van der Waals surface area contributed by atoms with Crippen molar-refractivity contribution in [3.05, 3.63) is 108 Å². The highest BCUT2D eigenvalue weighted by Gasteiger charge is 2.15. The molecule has 0 amide bonds. The summed E-state index contributed by atoms with van der Waals surface area (Å²) in [5.74, 6) is 0. The maximum atomic E-state index is 10.7. The molecule has 1 aliphatic rings. The lowest BCUT2D eigenvalue weighted by atomic mass is 9.95. The van der Waals surface area contributed by atoms with E-state index in [9.17, 15) is 10.1 Å². The molecule has 31 heavy (non-hydrogen) atoms. The van der Waals surface area contributed by atoms with E-state index >= 15 is 0 Å². The molecule has 3 rings (SSSR count). The zero-order valence-electron chi connectivity index (χ0n) is 18.7. The van der Waals surface area contributed by atoms with Gasteiger partial charge >= 0.3 is 0 Å². The molecule has 0 fully saturated rings. The molecule has 5 heteroatoms. The van der Waals surface area contributed by atoms with Crippen LogP contribution in [-0.2, 0) is 19.4 Å². The van der Waals surface area contributed by atoms with Crippen molar-refractivity contribution < 1.29 is 4.92 Å². The predicted molar refractivity (Wildman–Crippen MR) is 132 cm³/mol. The Hall–Kier alpha value is -2.79. The molecule has 0 bridgehead atoms. The second-order valence-electron chi connectivity index (χ2n) is 8.02. The molecule has 0 aromatic heterocycles. The SMILES string of the molecule is C/C=C(\S/C=C(\C)Cc1cc(C)c(CC[N+](=O)[O-])cc1C)C1=CNCc2ccccc21. The fourth-order valence-corrected chi connectivity index (χ4v) is 4.73. The summed E-state index contributed by atoms with van der Waals surface area (Å²) in [6.45, 7) is 9.24. The summed E-state index contributed by atoms with van der Waals surface area (Å²) in [5, 5.41) is 16.3. The maximum Gasteiger partial charge on any atom is 0.207 e. The summed E-state index contributed by atoms with van der Waals surface area (Å²) in [5.41, 5.74) is 9.83. The van der Waals surface area contributed by atoms with Gasteiger partial charge in [0.2, 0.25) is 6.54 Å². The Morgan fingerprint density at radius 2 is 1.90 bits per heavy atom. The third kappa shape index (κ3) is 5.88. The van der Waals surface area contributed by atoms with Gasteiger partial charge in [0, 0.05) is 34.6 Å². The van der Waals surface area contributed by atoms with Gasteiger partial charge < -0.3 is 5.32 Å². The lowest BCUT2D eigenvalue weighted by Gasteiger charge is -2.20. The number of allylic oxidation sites excluding steroid dienone is 3. The highest BCUT2D eigenvalue weighted by atomic mass is 32.2. The predicted octanol–water partition coefficient (Wildman–Crippen LogP) is 6.35. The molecule has 0 saturated heterocycles. The number of benzene rings is 2. The lowest BCUT2D eigenvalue weighted by Crippen LogP contribution is -2.13. The fraction of sp³-hybridized carbons (Fsp3) is 0.308. The Labute approximate surface area is 189 Å². The Bertz CT molecular complexity index is 1070. The van der Waals surface area contributed by atoms with Crippen LogP contribution < -0.4 is 5.32 Å². The fourth-order valence-electron chi connectivity index (χ4n) is 3.88. The molecule has 162 valence electrons.